The average Bonchev–Trinajstić information content (AvgIpc) is 2.88. The Morgan fingerprint density at radius 2 is 2.24 bits per heavy atom. The van der Waals surface area contributed by atoms with E-state index in [1.54, 1.807) is 12.5 Å². The van der Waals surface area contributed by atoms with Crippen LogP contribution in [0.15, 0.2) is 41.2 Å². The van der Waals surface area contributed by atoms with Crippen LogP contribution in [-0.4, -0.2) is 9.55 Å². The van der Waals surface area contributed by atoms with Crippen LogP contribution in [0.1, 0.15) is 5.56 Å². The first kappa shape index (κ1) is 11.0. The van der Waals surface area contributed by atoms with Gasteiger partial charge in [-0.15, -0.1) is 0 Å². The highest BCUT2D eigenvalue weighted by molar-refractivity contribution is 14.1. The molecule has 1 N–H and O–H groups in total. The zero-order valence-electron chi connectivity index (χ0n) is 8.81. The number of hydrogen-bond acceptors (Lipinski definition) is 2. The quantitative estimate of drug-likeness (QED) is 0.557. The molecule has 86 valence electrons. The summed E-state index contributed by atoms with van der Waals surface area (Å²) in [7, 11) is 0. The molecule has 0 saturated heterocycles. The monoisotopic (exact) mass is 356 g/mol. The number of halogens is 1. The molecule has 0 amide bonds. The lowest BCUT2D eigenvalue weighted by Gasteiger charge is -2.01. The van der Waals surface area contributed by atoms with Gasteiger partial charge < -0.3 is 14.0 Å². The second kappa shape index (κ2) is 4.30. The predicted octanol–water partition coefficient (Wildman–Crippen LogP) is 3.94. The average molecular weight is 356 g/mol. The third kappa shape index (κ3) is 2.04. The molecular formula is C12H9IN2OS. The largest absolute Gasteiger partial charge is 0.472 e. The van der Waals surface area contributed by atoms with E-state index in [4.69, 9.17) is 16.6 Å². The van der Waals surface area contributed by atoms with E-state index in [9.17, 15) is 0 Å². The van der Waals surface area contributed by atoms with Gasteiger partial charge in [0.1, 0.15) is 0 Å². The number of imidazole rings is 1. The molecule has 3 aromatic rings. The molecule has 0 bridgehead atoms. The van der Waals surface area contributed by atoms with Gasteiger partial charge in [-0.25, -0.2) is 0 Å². The number of furan rings is 1. The van der Waals surface area contributed by atoms with Crippen LogP contribution in [0, 0.1) is 8.34 Å². The van der Waals surface area contributed by atoms with Crippen LogP contribution in [0.3, 0.4) is 0 Å². The second-order valence-corrected chi connectivity index (χ2v) is 5.44. The van der Waals surface area contributed by atoms with Gasteiger partial charge in [-0.3, -0.25) is 0 Å². The number of nitrogens with zero attached hydrogens (tertiary/aromatic N) is 1. The highest BCUT2D eigenvalue weighted by Crippen LogP contribution is 2.18. The van der Waals surface area contributed by atoms with E-state index in [0.29, 0.717) is 0 Å². The Morgan fingerprint density at radius 1 is 1.35 bits per heavy atom. The van der Waals surface area contributed by atoms with Crippen LogP contribution >= 0.6 is 34.8 Å². The highest BCUT2D eigenvalue weighted by atomic mass is 127. The van der Waals surface area contributed by atoms with Crippen molar-refractivity contribution in [1.82, 2.24) is 9.55 Å². The fraction of sp³-hybridized carbons (Fsp3) is 0.0833. The number of benzene rings is 1. The summed E-state index contributed by atoms with van der Waals surface area (Å²) in [4.78, 5) is 3.22. The number of nitrogens with one attached hydrogen (secondary N) is 1. The van der Waals surface area contributed by atoms with Crippen molar-refractivity contribution in [1.29, 1.82) is 0 Å². The summed E-state index contributed by atoms with van der Waals surface area (Å²) in [5.74, 6) is 0. The molecular weight excluding hydrogens is 347 g/mol. The molecule has 1 aromatic carbocycles. The van der Waals surface area contributed by atoms with E-state index in [1.807, 2.05) is 6.07 Å². The number of aromatic nitrogens is 2. The molecule has 5 heteroatoms. The van der Waals surface area contributed by atoms with Crippen molar-refractivity contribution >= 4 is 45.8 Å². The van der Waals surface area contributed by atoms with Crippen molar-refractivity contribution in [3.05, 3.63) is 50.7 Å². The Kier molecular flexibility index (Phi) is 2.79. The maximum atomic E-state index is 5.34. The standard InChI is InChI=1S/C12H9IN2OS/c13-9-1-2-11-10(5-9)14-12(17)15(11)6-8-3-4-16-7-8/h1-5,7H,6H2,(H,14,17). The highest BCUT2D eigenvalue weighted by Gasteiger charge is 2.05. The fourth-order valence-electron chi connectivity index (χ4n) is 1.86. The summed E-state index contributed by atoms with van der Waals surface area (Å²) in [6.45, 7) is 0.732. The third-order valence-corrected chi connectivity index (χ3v) is 3.65. The smallest absolute Gasteiger partial charge is 0.178 e. The van der Waals surface area contributed by atoms with E-state index in [-0.39, 0.29) is 0 Å². The van der Waals surface area contributed by atoms with Crippen molar-refractivity contribution in [3.8, 4) is 0 Å². The molecule has 0 saturated carbocycles. The van der Waals surface area contributed by atoms with Crippen LogP contribution in [0.2, 0.25) is 0 Å². The van der Waals surface area contributed by atoms with E-state index < -0.39 is 0 Å². The van der Waals surface area contributed by atoms with Gasteiger partial charge in [-0.05, 0) is 59.1 Å². The summed E-state index contributed by atoms with van der Waals surface area (Å²) in [6, 6.07) is 8.21. The van der Waals surface area contributed by atoms with E-state index in [2.05, 4.69) is 50.3 Å². The maximum absolute atomic E-state index is 5.34. The Labute approximate surface area is 117 Å². The molecule has 17 heavy (non-hydrogen) atoms. The van der Waals surface area contributed by atoms with Crippen LogP contribution < -0.4 is 0 Å². The lowest BCUT2D eigenvalue weighted by molar-refractivity contribution is 0.562. The zero-order chi connectivity index (χ0) is 11.8. The second-order valence-electron chi connectivity index (χ2n) is 3.81. The molecule has 0 aliphatic carbocycles. The summed E-state index contributed by atoms with van der Waals surface area (Å²) in [6.07, 6.45) is 3.42. The Hall–Kier alpha value is -1.08. The lowest BCUT2D eigenvalue weighted by Crippen LogP contribution is -1.98. The molecule has 0 spiro atoms. The number of hydrogen-bond donors (Lipinski definition) is 1. The zero-order valence-corrected chi connectivity index (χ0v) is 11.8. The number of fused-ring (bicyclic) bond motifs is 1. The first-order valence-electron chi connectivity index (χ1n) is 5.13. The first-order valence-corrected chi connectivity index (χ1v) is 6.62. The minimum absolute atomic E-state index is 0.732. The first-order chi connectivity index (χ1) is 8.24. The van der Waals surface area contributed by atoms with E-state index in [1.165, 1.54) is 3.57 Å². The normalized spacial score (nSPS) is 11.1. The van der Waals surface area contributed by atoms with Gasteiger partial charge in [0.2, 0.25) is 0 Å². The van der Waals surface area contributed by atoms with Gasteiger partial charge in [0.05, 0.1) is 30.1 Å². The molecule has 2 aromatic heterocycles. The minimum Gasteiger partial charge on any atom is -0.472 e. The molecule has 0 atom stereocenters. The van der Waals surface area contributed by atoms with Gasteiger partial charge in [-0.1, -0.05) is 0 Å². The van der Waals surface area contributed by atoms with Crippen molar-refractivity contribution in [2.75, 3.05) is 0 Å². The minimum atomic E-state index is 0.732. The molecule has 0 radical (unpaired) electrons. The summed E-state index contributed by atoms with van der Waals surface area (Å²) < 4.78 is 9.09. The van der Waals surface area contributed by atoms with Gasteiger partial charge in [0.15, 0.2) is 4.77 Å². The molecule has 2 heterocycles. The van der Waals surface area contributed by atoms with Gasteiger partial charge >= 0.3 is 0 Å². The van der Waals surface area contributed by atoms with E-state index >= 15 is 0 Å². The maximum Gasteiger partial charge on any atom is 0.178 e. The third-order valence-electron chi connectivity index (χ3n) is 2.66. The van der Waals surface area contributed by atoms with Crippen molar-refractivity contribution in [2.24, 2.45) is 0 Å². The van der Waals surface area contributed by atoms with Gasteiger partial charge in [0.25, 0.3) is 0 Å². The topological polar surface area (TPSA) is 33.9 Å². The molecule has 0 aliphatic heterocycles. The molecule has 3 rings (SSSR count). The Balaban J connectivity index is 2.16. The van der Waals surface area contributed by atoms with Crippen LogP contribution in [0.4, 0.5) is 0 Å². The number of aromatic amines is 1. The SMILES string of the molecule is S=c1[nH]c2cc(I)ccc2n1Cc1ccoc1. The van der Waals surface area contributed by atoms with Crippen LogP contribution in [-0.2, 0) is 6.54 Å². The predicted molar refractivity (Wildman–Crippen MR) is 77.6 cm³/mol. The van der Waals surface area contributed by atoms with Crippen LogP contribution in [0.5, 0.6) is 0 Å². The van der Waals surface area contributed by atoms with Crippen molar-refractivity contribution in [2.45, 2.75) is 6.54 Å². The van der Waals surface area contributed by atoms with Crippen molar-refractivity contribution < 1.29 is 4.42 Å². The summed E-state index contributed by atoms with van der Waals surface area (Å²) in [5.41, 5.74) is 3.31. The summed E-state index contributed by atoms with van der Waals surface area (Å²) >= 11 is 7.64. The Morgan fingerprint density at radius 3 is 3.00 bits per heavy atom. The summed E-state index contributed by atoms with van der Waals surface area (Å²) in [5, 5.41) is 0. The number of rotatable bonds is 2. The fourth-order valence-corrected chi connectivity index (χ4v) is 2.62. The molecule has 0 fully saturated rings. The molecule has 0 aliphatic rings. The molecule has 3 nitrogen and oxygen atoms in total. The van der Waals surface area contributed by atoms with Gasteiger partial charge in [0, 0.05) is 9.13 Å². The van der Waals surface area contributed by atoms with Gasteiger partial charge in [-0.2, -0.15) is 0 Å². The Bertz CT molecular complexity index is 712. The lowest BCUT2D eigenvalue weighted by atomic mass is 10.3. The van der Waals surface area contributed by atoms with E-state index in [0.717, 1.165) is 27.9 Å². The van der Waals surface area contributed by atoms with Crippen molar-refractivity contribution in [3.63, 3.8) is 0 Å². The van der Waals surface area contributed by atoms with Crippen LogP contribution in [0.25, 0.3) is 11.0 Å². The number of H-pyrrole nitrogens is 1. The molecule has 0 unspecified atom stereocenters.